The van der Waals surface area contributed by atoms with Crippen molar-refractivity contribution in [2.45, 2.75) is 31.4 Å². The number of benzene rings is 1. The van der Waals surface area contributed by atoms with Gasteiger partial charge in [0.15, 0.2) is 11.4 Å². The number of fused-ring (bicyclic) bond motifs is 3. The molecule has 1 amide bonds. The summed E-state index contributed by atoms with van der Waals surface area (Å²) >= 11 is 0. The number of aliphatic hydroxyl groups is 3. The molecule has 1 saturated carbocycles. The van der Waals surface area contributed by atoms with Crippen LogP contribution in [0, 0.1) is 11.8 Å². The summed E-state index contributed by atoms with van der Waals surface area (Å²) in [6.45, 7) is 2.02. The second kappa shape index (κ2) is 6.68. The predicted molar refractivity (Wildman–Crippen MR) is 104 cm³/mol. The Morgan fingerprint density at radius 2 is 1.97 bits per heavy atom. The van der Waals surface area contributed by atoms with Crippen LogP contribution in [-0.4, -0.2) is 56.1 Å². The van der Waals surface area contributed by atoms with Crippen molar-refractivity contribution in [3.8, 4) is 5.75 Å². The van der Waals surface area contributed by atoms with Crippen LogP contribution in [0.2, 0.25) is 0 Å². The second-order valence-electron chi connectivity index (χ2n) is 7.90. The first kappa shape index (κ1) is 20.1. The van der Waals surface area contributed by atoms with E-state index >= 15 is 0 Å². The number of likely N-dealkylation sites (N-methyl/N-ethyl adjacent to an activating group) is 1. The number of hydrogen-bond donors (Lipinski definition) is 6. The zero-order valence-electron chi connectivity index (χ0n) is 16.2. The van der Waals surface area contributed by atoms with E-state index in [2.05, 4.69) is 5.32 Å². The lowest BCUT2D eigenvalue weighted by Crippen LogP contribution is -2.66. The molecule has 0 bridgehead atoms. The highest BCUT2D eigenvalue weighted by Gasteiger charge is 2.63. The maximum Gasteiger partial charge on any atom is 0.255 e. The van der Waals surface area contributed by atoms with Gasteiger partial charge in [0.25, 0.3) is 5.91 Å². The number of aromatic hydroxyl groups is 1. The van der Waals surface area contributed by atoms with E-state index in [0.717, 1.165) is 0 Å². The predicted octanol–water partition coefficient (Wildman–Crippen LogP) is 0.0119. The topological polar surface area (TPSA) is 170 Å². The molecule has 0 unspecified atom stereocenters. The van der Waals surface area contributed by atoms with Crippen LogP contribution in [0.3, 0.4) is 0 Å². The van der Waals surface area contributed by atoms with Gasteiger partial charge in [0, 0.05) is 11.5 Å². The molecule has 158 valence electrons. The lowest BCUT2D eigenvalue weighted by molar-refractivity contribution is -0.150. The largest absolute Gasteiger partial charge is 0.508 e. The quantitative estimate of drug-likeness (QED) is 0.376. The van der Waals surface area contributed by atoms with Crippen molar-refractivity contribution < 1.29 is 34.8 Å². The third kappa shape index (κ3) is 2.45. The summed E-state index contributed by atoms with van der Waals surface area (Å²) in [6.07, 6.45) is 0.373. The van der Waals surface area contributed by atoms with Crippen LogP contribution in [-0.2, 0) is 20.8 Å². The summed E-state index contributed by atoms with van der Waals surface area (Å²) in [6, 6.07) is 3.58. The van der Waals surface area contributed by atoms with Gasteiger partial charge in [0.05, 0.1) is 11.6 Å². The summed E-state index contributed by atoms with van der Waals surface area (Å²) in [5.74, 6) is -6.47. The molecule has 9 heteroatoms. The van der Waals surface area contributed by atoms with Gasteiger partial charge in [-0.2, -0.15) is 0 Å². The highest BCUT2D eigenvalue weighted by atomic mass is 16.3. The monoisotopic (exact) mass is 414 g/mol. The summed E-state index contributed by atoms with van der Waals surface area (Å²) in [7, 11) is 0. The standard InChI is InChI=1S/C21H22N2O7/c1-2-23-15-10-7-9-6-8-4-3-5-11(24)12(8)16(25)13(9)18(27)21(10,30)19(28)14(17(15)26)20(22)29/h3-5,9-10,15,23-25,28,30H,2,6-7H2,1H3,(H2,22,29)/t9-,10-,15+,21-/m0/s1. The third-order valence-electron chi connectivity index (χ3n) is 6.36. The van der Waals surface area contributed by atoms with E-state index in [1.54, 1.807) is 19.1 Å². The summed E-state index contributed by atoms with van der Waals surface area (Å²) in [4.78, 5) is 38.1. The second-order valence-corrected chi connectivity index (χ2v) is 7.90. The third-order valence-corrected chi connectivity index (χ3v) is 6.36. The molecule has 1 fully saturated rings. The van der Waals surface area contributed by atoms with E-state index in [1.165, 1.54) is 6.07 Å². The Kier molecular flexibility index (Phi) is 4.48. The van der Waals surface area contributed by atoms with Crippen LogP contribution in [0.25, 0.3) is 5.76 Å². The lowest BCUT2D eigenvalue weighted by Gasteiger charge is -2.49. The maximum absolute atomic E-state index is 13.4. The van der Waals surface area contributed by atoms with Crippen molar-refractivity contribution in [3.05, 3.63) is 46.2 Å². The molecule has 0 spiro atoms. The molecular weight excluding hydrogens is 392 g/mol. The van der Waals surface area contributed by atoms with Crippen LogP contribution >= 0.6 is 0 Å². The number of primary amides is 1. The Labute approximate surface area is 171 Å². The SMILES string of the molecule is CCN[C@H]1C(=O)C(C(N)=O)=C(O)[C@@]2(O)C(=O)C3=C(O)c4c(O)cccc4C[C@H]3C[C@@H]12. The number of ketones is 2. The highest BCUT2D eigenvalue weighted by molar-refractivity contribution is 6.24. The van der Waals surface area contributed by atoms with Crippen LogP contribution in [0.4, 0.5) is 0 Å². The van der Waals surface area contributed by atoms with Gasteiger partial charge < -0.3 is 31.5 Å². The van der Waals surface area contributed by atoms with Gasteiger partial charge in [-0.15, -0.1) is 0 Å². The molecule has 1 aromatic carbocycles. The van der Waals surface area contributed by atoms with E-state index in [-0.39, 0.29) is 23.3 Å². The minimum absolute atomic E-state index is 0.0796. The summed E-state index contributed by atoms with van der Waals surface area (Å²) in [5.41, 5.74) is 2.38. The number of aliphatic hydroxyl groups excluding tert-OH is 2. The van der Waals surface area contributed by atoms with E-state index < -0.39 is 58.0 Å². The molecule has 3 aliphatic rings. The molecule has 3 aliphatic carbocycles. The smallest absolute Gasteiger partial charge is 0.255 e. The van der Waals surface area contributed by atoms with Gasteiger partial charge in [-0.3, -0.25) is 14.4 Å². The molecule has 4 atom stereocenters. The van der Waals surface area contributed by atoms with E-state index in [0.29, 0.717) is 18.5 Å². The van der Waals surface area contributed by atoms with Crippen LogP contribution in [0.15, 0.2) is 35.1 Å². The first-order chi connectivity index (χ1) is 14.1. The molecule has 0 radical (unpaired) electrons. The Morgan fingerprint density at radius 1 is 1.27 bits per heavy atom. The van der Waals surface area contributed by atoms with E-state index in [4.69, 9.17) is 5.73 Å². The number of carbonyl (C=O) groups is 3. The Bertz CT molecular complexity index is 1060. The fourth-order valence-corrected chi connectivity index (χ4v) is 5.07. The molecule has 0 saturated heterocycles. The van der Waals surface area contributed by atoms with Gasteiger partial charge in [-0.05, 0) is 36.9 Å². The molecule has 4 rings (SSSR count). The number of phenolic OH excluding ortho intramolecular Hbond substituents is 1. The Balaban J connectivity index is 1.96. The highest BCUT2D eigenvalue weighted by Crippen LogP contribution is 2.51. The summed E-state index contributed by atoms with van der Waals surface area (Å²) in [5, 5.41) is 45.9. The fraction of sp³-hybridized carbons (Fsp3) is 0.381. The maximum atomic E-state index is 13.4. The zero-order valence-corrected chi connectivity index (χ0v) is 16.2. The number of amides is 1. The first-order valence-electron chi connectivity index (χ1n) is 9.67. The molecule has 0 heterocycles. The van der Waals surface area contributed by atoms with Gasteiger partial charge in [-0.25, -0.2) is 0 Å². The number of rotatable bonds is 3. The number of nitrogens with one attached hydrogen (secondary N) is 1. The van der Waals surface area contributed by atoms with Gasteiger partial charge in [0.2, 0.25) is 5.78 Å². The Morgan fingerprint density at radius 3 is 2.60 bits per heavy atom. The van der Waals surface area contributed by atoms with Crippen molar-refractivity contribution in [1.82, 2.24) is 5.32 Å². The van der Waals surface area contributed by atoms with Gasteiger partial charge in [-0.1, -0.05) is 19.1 Å². The van der Waals surface area contributed by atoms with Crippen molar-refractivity contribution in [3.63, 3.8) is 0 Å². The van der Waals surface area contributed by atoms with E-state index in [9.17, 15) is 34.8 Å². The number of phenols is 1. The van der Waals surface area contributed by atoms with Gasteiger partial charge in [0.1, 0.15) is 22.8 Å². The fourth-order valence-electron chi connectivity index (χ4n) is 5.07. The lowest BCUT2D eigenvalue weighted by atomic mass is 9.57. The van der Waals surface area contributed by atoms with E-state index in [1.807, 2.05) is 0 Å². The number of hydrogen-bond acceptors (Lipinski definition) is 8. The van der Waals surface area contributed by atoms with Crippen LogP contribution < -0.4 is 11.1 Å². The summed E-state index contributed by atoms with van der Waals surface area (Å²) < 4.78 is 0. The van der Waals surface area contributed by atoms with Crippen molar-refractivity contribution in [2.75, 3.05) is 6.54 Å². The minimum atomic E-state index is -2.60. The average Bonchev–Trinajstić information content (AvgIpc) is 2.67. The van der Waals surface area contributed by atoms with Crippen LogP contribution in [0.1, 0.15) is 24.5 Å². The molecule has 30 heavy (non-hydrogen) atoms. The zero-order chi connectivity index (χ0) is 22.0. The number of Topliss-reactive ketones (excluding diaryl/α,β-unsaturated/α-hetero) is 2. The van der Waals surface area contributed by atoms with Gasteiger partial charge >= 0.3 is 0 Å². The number of nitrogens with two attached hydrogens (primary N) is 1. The molecule has 7 N–H and O–H groups in total. The Hall–Kier alpha value is -3.17. The molecule has 0 aromatic heterocycles. The van der Waals surface area contributed by atoms with Crippen molar-refractivity contribution >= 4 is 23.2 Å². The molecule has 1 aromatic rings. The average molecular weight is 414 g/mol. The normalized spacial score (nSPS) is 30.7. The molecule has 9 nitrogen and oxygen atoms in total. The van der Waals surface area contributed by atoms with Crippen molar-refractivity contribution in [2.24, 2.45) is 17.6 Å². The molecular formula is C21H22N2O7. The molecule has 0 aliphatic heterocycles. The first-order valence-corrected chi connectivity index (χ1v) is 9.67. The van der Waals surface area contributed by atoms with Crippen molar-refractivity contribution in [1.29, 1.82) is 0 Å². The van der Waals surface area contributed by atoms with Crippen LogP contribution in [0.5, 0.6) is 5.75 Å². The number of carbonyl (C=O) groups excluding carboxylic acids is 3. The minimum Gasteiger partial charge on any atom is -0.508 e.